The average molecular weight is 494 g/mol. The molecule has 0 fully saturated rings. The highest BCUT2D eigenvalue weighted by molar-refractivity contribution is 5.93. The van der Waals surface area contributed by atoms with Crippen molar-refractivity contribution in [3.63, 3.8) is 0 Å². The second-order valence-corrected chi connectivity index (χ2v) is 9.33. The number of alkyl carbamates (subject to hydrolysis) is 1. The summed E-state index contributed by atoms with van der Waals surface area (Å²) in [6, 6.07) is 3.83. The van der Waals surface area contributed by atoms with E-state index >= 15 is 0 Å². The number of hydrogen-bond donors (Lipinski definition) is 3. The molecule has 0 heterocycles. The van der Waals surface area contributed by atoms with Crippen LogP contribution in [-0.4, -0.2) is 65.7 Å². The molecule has 0 aliphatic carbocycles. The second-order valence-electron chi connectivity index (χ2n) is 9.33. The quantitative estimate of drug-likeness (QED) is 0.404. The van der Waals surface area contributed by atoms with Crippen LogP contribution >= 0.6 is 0 Å². The summed E-state index contributed by atoms with van der Waals surface area (Å²) < 4.78 is 9.95. The Balaban J connectivity index is 3.41. The summed E-state index contributed by atoms with van der Waals surface area (Å²) in [7, 11) is 1.21. The van der Waals surface area contributed by atoms with Crippen LogP contribution in [0.15, 0.2) is 24.3 Å². The SMILES string of the molecule is CCCN(C(=O)C(NC(=O)OC(C)(C)C)C(C)CC)C(C(=O)NCC(=O)OC)c1ccc(O)cc1. The molecule has 3 N–H and O–H groups in total. The van der Waals surface area contributed by atoms with Gasteiger partial charge in [-0.15, -0.1) is 0 Å². The molecule has 196 valence electrons. The summed E-state index contributed by atoms with van der Waals surface area (Å²) in [5.74, 6) is -1.95. The van der Waals surface area contributed by atoms with E-state index in [1.807, 2.05) is 20.8 Å². The fourth-order valence-electron chi connectivity index (χ4n) is 3.36. The van der Waals surface area contributed by atoms with Crippen molar-refractivity contribution >= 4 is 23.9 Å². The van der Waals surface area contributed by atoms with Gasteiger partial charge in [0.2, 0.25) is 11.8 Å². The van der Waals surface area contributed by atoms with E-state index in [4.69, 9.17) is 4.74 Å². The lowest BCUT2D eigenvalue weighted by molar-refractivity contribution is -0.145. The second kappa shape index (κ2) is 13.6. The van der Waals surface area contributed by atoms with Gasteiger partial charge in [0.1, 0.15) is 30.0 Å². The monoisotopic (exact) mass is 493 g/mol. The van der Waals surface area contributed by atoms with Gasteiger partial charge >= 0.3 is 12.1 Å². The van der Waals surface area contributed by atoms with Crippen LogP contribution in [0.2, 0.25) is 0 Å². The number of amides is 3. The molecule has 10 heteroatoms. The lowest BCUT2D eigenvalue weighted by atomic mass is 9.95. The molecule has 0 bridgehead atoms. The molecule has 1 rings (SSSR count). The van der Waals surface area contributed by atoms with E-state index in [9.17, 15) is 24.3 Å². The topological polar surface area (TPSA) is 134 Å². The first-order chi connectivity index (χ1) is 16.3. The molecular weight excluding hydrogens is 454 g/mol. The van der Waals surface area contributed by atoms with E-state index in [1.54, 1.807) is 20.8 Å². The molecule has 0 saturated carbocycles. The number of carbonyl (C=O) groups excluding carboxylic acids is 4. The summed E-state index contributed by atoms with van der Waals surface area (Å²) in [4.78, 5) is 52.6. The molecule has 0 aliphatic rings. The Morgan fingerprint density at radius 3 is 2.17 bits per heavy atom. The third kappa shape index (κ3) is 9.46. The molecule has 0 aromatic heterocycles. The maximum absolute atomic E-state index is 13.8. The average Bonchev–Trinajstić information content (AvgIpc) is 2.79. The van der Waals surface area contributed by atoms with Gasteiger partial charge in [0, 0.05) is 6.54 Å². The van der Waals surface area contributed by atoms with Crippen molar-refractivity contribution in [2.24, 2.45) is 5.92 Å². The van der Waals surface area contributed by atoms with Gasteiger partial charge in [-0.1, -0.05) is 39.3 Å². The van der Waals surface area contributed by atoms with E-state index in [0.29, 0.717) is 18.4 Å². The van der Waals surface area contributed by atoms with Crippen molar-refractivity contribution in [1.29, 1.82) is 0 Å². The van der Waals surface area contributed by atoms with Crippen molar-refractivity contribution in [2.45, 2.75) is 72.1 Å². The molecule has 0 spiro atoms. The number of rotatable bonds is 11. The number of hydrogen-bond acceptors (Lipinski definition) is 7. The van der Waals surface area contributed by atoms with Crippen LogP contribution in [0.25, 0.3) is 0 Å². The number of methoxy groups -OCH3 is 1. The van der Waals surface area contributed by atoms with Crippen LogP contribution in [0.4, 0.5) is 4.79 Å². The first-order valence-electron chi connectivity index (χ1n) is 11.8. The predicted octanol–water partition coefficient (Wildman–Crippen LogP) is 2.90. The first-order valence-corrected chi connectivity index (χ1v) is 11.8. The van der Waals surface area contributed by atoms with Gasteiger partial charge < -0.3 is 30.1 Å². The van der Waals surface area contributed by atoms with Crippen molar-refractivity contribution in [1.82, 2.24) is 15.5 Å². The fraction of sp³-hybridized carbons (Fsp3) is 0.600. The third-order valence-electron chi connectivity index (χ3n) is 5.30. The van der Waals surface area contributed by atoms with Crippen LogP contribution in [-0.2, 0) is 23.9 Å². The number of benzene rings is 1. The molecule has 3 atom stereocenters. The van der Waals surface area contributed by atoms with Gasteiger partial charge in [0.25, 0.3) is 0 Å². The number of carbonyl (C=O) groups is 4. The molecule has 1 aromatic rings. The van der Waals surface area contributed by atoms with E-state index in [0.717, 1.165) is 0 Å². The van der Waals surface area contributed by atoms with Crippen LogP contribution in [0.1, 0.15) is 66.0 Å². The van der Waals surface area contributed by atoms with Crippen LogP contribution in [0.5, 0.6) is 5.75 Å². The molecule has 3 unspecified atom stereocenters. The summed E-state index contributed by atoms with van der Waals surface area (Å²) >= 11 is 0. The lowest BCUT2D eigenvalue weighted by Crippen LogP contribution is -2.55. The zero-order valence-corrected chi connectivity index (χ0v) is 21.7. The van der Waals surface area contributed by atoms with Crippen molar-refractivity contribution in [3.8, 4) is 5.75 Å². The number of aromatic hydroxyl groups is 1. The molecule has 0 saturated heterocycles. The van der Waals surface area contributed by atoms with Crippen molar-refractivity contribution in [3.05, 3.63) is 29.8 Å². The van der Waals surface area contributed by atoms with Gasteiger partial charge in [-0.25, -0.2) is 4.79 Å². The minimum absolute atomic E-state index is 0.0000823. The summed E-state index contributed by atoms with van der Waals surface area (Å²) in [5, 5.41) is 14.9. The highest BCUT2D eigenvalue weighted by Gasteiger charge is 2.37. The predicted molar refractivity (Wildman–Crippen MR) is 130 cm³/mol. The molecule has 0 radical (unpaired) electrons. The molecular formula is C25H39N3O7. The van der Waals surface area contributed by atoms with E-state index < -0.39 is 41.6 Å². The number of esters is 1. The van der Waals surface area contributed by atoms with Gasteiger partial charge in [-0.3, -0.25) is 14.4 Å². The van der Waals surface area contributed by atoms with Gasteiger partial charge in [-0.2, -0.15) is 0 Å². The minimum atomic E-state index is -1.11. The minimum Gasteiger partial charge on any atom is -0.508 e. The van der Waals surface area contributed by atoms with Crippen LogP contribution < -0.4 is 10.6 Å². The van der Waals surface area contributed by atoms with Gasteiger partial charge in [0.05, 0.1) is 7.11 Å². The maximum Gasteiger partial charge on any atom is 0.408 e. The highest BCUT2D eigenvalue weighted by atomic mass is 16.6. The summed E-state index contributed by atoms with van der Waals surface area (Å²) in [6.45, 7) is 10.6. The molecule has 0 aliphatic heterocycles. The Morgan fingerprint density at radius 2 is 1.69 bits per heavy atom. The number of ether oxygens (including phenoxy) is 2. The van der Waals surface area contributed by atoms with Crippen LogP contribution in [0, 0.1) is 5.92 Å². The first kappa shape index (κ1) is 29.7. The third-order valence-corrected chi connectivity index (χ3v) is 5.30. The highest BCUT2D eigenvalue weighted by Crippen LogP contribution is 2.26. The fourth-order valence-corrected chi connectivity index (χ4v) is 3.36. The number of phenols is 1. The Morgan fingerprint density at radius 1 is 1.09 bits per heavy atom. The lowest BCUT2D eigenvalue weighted by Gasteiger charge is -2.36. The summed E-state index contributed by atoms with van der Waals surface area (Å²) in [5.41, 5.74) is -0.314. The normalized spacial score (nSPS) is 13.7. The molecule has 35 heavy (non-hydrogen) atoms. The summed E-state index contributed by atoms with van der Waals surface area (Å²) in [6.07, 6.45) is 0.387. The zero-order valence-electron chi connectivity index (χ0n) is 21.7. The Labute approximate surface area is 207 Å². The number of nitrogens with zero attached hydrogens (tertiary/aromatic N) is 1. The van der Waals surface area contributed by atoms with Crippen LogP contribution in [0.3, 0.4) is 0 Å². The van der Waals surface area contributed by atoms with E-state index in [-0.39, 0.29) is 24.8 Å². The Bertz CT molecular complexity index is 865. The van der Waals surface area contributed by atoms with Gasteiger partial charge in [0.15, 0.2) is 0 Å². The maximum atomic E-state index is 13.8. The number of phenolic OH excluding ortho intramolecular Hbond substituents is 1. The van der Waals surface area contributed by atoms with Crippen molar-refractivity contribution in [2.75, 3.05) is 20.2 Å². The number of nitrogens with one attached hydrogen (secondary N) is 2. The van der Waals surface area contributed by atoms with E-state index in [2.05, 4.69) is 15.4 Å². The standard InChI is InChI=1S/C25H39N3O7/c1-8-14-28(23(32)20(16(3)9-2)27-24(33)35-25(4,5)6)21(17-10-12-18(29)13-11-17)22(31)26-15-19(30)34-7/h10-13,16,20-21,29H,8-9,14-15H2,1-7H3,(H,26,31)(H,27,33). The zero-order chi connectivity index (χ0) is 26.8. The van der Waals surface area contributed by atoms with Crippen molar-refractivity contribution < 1.29 is 33.8 Å². The Kier molecular flexibility index (Phi) is 11.5. The Hall–Kier alpha value is -3.30. The van der Waals surface area contributed by atoms with E-state index in [1.165, 1.54) is 36.3 Å². The largest absolute Gasteiger partial charge is 0.508 e. The smallest absolute Gasteiger partial charge is 0.408 e. The molecule has 3 amide bonds. The molecule has 10 nitrogen and oxygen atoms in total. The van der Waals surface area contributed by atoms with Gasteiger partial charge in [-0.05, 0) is 50.8 Å². The molecule has 1 aromatic carbocycles.